The van der Waals surface area contributed by atoms with Gasteiger partial charge in [-0.1, -0.05) is 6.07 Å². The number of hydrogen-bond acceptors (Lipinski definition) is 4. The average molecular weight is 272 g/mol. The molecule has 1 amide bonds. The fourth-order valence-corrected chi connectivity index (χ4v) is 1.66. The molecule has 0 spiro atoms. The minimum atomic E-state index is -0.802. The fraction of sp³-hybridized carbons (Fsp3) is 0. The number of hydrogen-bond donors (Lipinski definition) is 3. The molecule has 0 unspecified atom stereocenters. The molecule has 100 valence electrons. The molecular formula is C14H9FN2O3. The zero-order valence-corrected chi connectivity index (χ0v) is 10.1. The summed E-state index contributed by atoms with van der Waals surface area (Å²) in [6.45, 7) is 0. The highest BCUT2D eigenvalue weighted by molar-refractivity contribution is 6.08. The van der Waals surface area contributed by atoms with E-state index in [2.05, 4.69) is 5.32 Å². The molecule has 0 aliphatic carbocycles. The molecule has 5 nitrogen and oxygen atoms in total. The van der Waals surface area contributed by atoms with Crippen LogP contribution in [-0.2, 0) is 0 Å². The number of phenols is 2. The lowest BCUT2D eigenvalue weighted by Crippen LogP contribution is -2.13. The van der Waals surface area contributed by atoms with E-state index in [0.29, 0.717) is 0 Å². The SMILES string of the molecule is N#Cc1cc(F)ccc1NC(=O)c1c(O)cccc1O. The summed E-state index contributed by atoms with van der Waals surface area (Å²) in [5.41, 5.74) is -0.296. The second-order valence-corrected chi connectivity index (χ2v) is 3.93. The van der Waals surface area contributed by atoms with Crippen LogP contribution in [0.1, 0.15) is 15.9 Å². The summed E-state index contributed by atoms with van der Waals surface area (Å²) in [6, 6.07) is 8.88. The van der Waals surface area contributed by atoms with Crippen LogP contribution in [0.2, 0.25) is 0 Å². The van der Waals surface area contributed by atoms with Crippen LogP contribution >= 0.6 is 0 Å². The molecule has 0 aliphatic heterocycles. The maximum atomic E-state index is 13.0. The summed E-state index contributed by atoms with van der Waals surface area (Å²) in [7, 11) is 0. The van der Waals surface area contributed by atoms with Crippen LogP contribution < -0.4 is 5.32 Å². The molecule has 0 bridgehead atoms. The van der Waals surface area contributed by atoms with Crippen molar-refractivity contribution in [2.24, 2.45) is 0 Å². The number of amides is 1. The van der Waals surface area contributed by atoms with Crippen molar-refractivity contribution in [1.82, 2.24) is 0 Å². The highest BCUT2D eigenvalue weighted by Crippen LogP contribution is 2.27. The number of halogens is 1. The Morgan fingerprint density at radius 2 is 1.85 bits per heavy atom. The van der Waals surface area contributed by atoms with Crippen molar-refractivity contribution >= 4 is 11.6 Å². The zero-order chi connectivity index (χ0) is 14.7. The molecule has 2 aromatic carbocycles. The van der Waals surface area contributed by atoms with Gasteiger partial charge in [-0.2, -0.15) is 5.26 Å². The molecule has 6 heteroatoms. The van der Waals surface area contributed by atoms with Crippen LogP contribution in [0, 0.1) is 17.1 Å². The van der Waals surface area contributed by atoms with Crippen molar-refractivity contribution in [1.29, 1.82) is 5.26 Å². The second kappa shape index (κ2) is 5.28. The lowest BCUT2D eigenvalue weighted by Gasteiger charge is -2.09. The van der Waals surface area contributed by atoms with Crippen molar-refractivity contribution in [3.8, 4) is 17.6 Å². The minimum absolute atomic E-state index is 0.0618. The Kier molecular flexibility index (Phi) is 3.53. The maximum Gasteiger partial charge on any atom is 0.263 e. The molecule has 0 fully saturated rings. The number of nitrogens with zero attached hydrogens (tertiary/aromatic N) is 1. The van der Waals surface area contributed by atoms with E-state index in [-0.39, 0.29) is 16.8 Å². The number of carbonyl (C=O) groups excluding carboxylic acids is 1. The summed E-state index contributed by atoms with van der Waals surface area (Å²) < 4.78 is 13.0. The number of rotatable bonds is 2. The Balaban J connectivity index is 2.36. The van der Waals surface area contributed by atoms with Gasteiger partial charge >= 0.3 is 0 Å². The van der Waals surface area contributed by atoms with Crippen molar-refractivity contribution in [3.63, 3.8) is 0 Å². The monoisotopic (exact) mass is 272 g/mol. The van der Waals surface area contributed by atoms with E-state index in [4.69, 9.17) is 5.26 Å². The summed E-state index contributed by atoms with van der Waals surface area (Å²) in [6.07, 6.45) is 0. The van der Waals surface area contributed by atoms with E-state index in [1.165, 1.54) is 24.3 Å². The van der Waals surface area contributed by atoms with E-state index in [9.17, 15) is 19.4 Å². The normalized spacial score (nSPS) is 9.80. The molecule has 20 heavy (non-hydrogen) atoms. The van der Waals surface area contributed by atoms with Gasteiger partial charge in [-0.3, -0.25) is 4.79 Å². The van der Waals surface area contributed by atoms with Gasteiger partial charge in [-0.05, 0) is 30.3 Å². The van der Waals surface area contributed by atoms with E-state index < -0.39 is 23.2 Å². The van der Waals surface area contributed by atoms with Gasteiger partial charge in [-0.25, -0.2) is 4.39 Å². The first-order valence-electron chi connectivity index (χ1n) is 5.55. The quantitative estimate of drug-likeness (QED) is 0.782. The highest BCUT2D eigenvalue weighted by atomic mass is 19.1. The molecule has 2 rings (SSSR count). The number of carbonyl (C=O) groups is 1. The lowest BCUT2D eigenvalue weighted by molar-refractivity contribution is 0.102. The first-order chi connectivity index (χ1) is 9.52. The van der Waals surface area contributed by atoms with E-state index >= 15 is 0 Å². The zero-order valence-electron chi connectivity index (χ0n) is 10.1. The molecule has 0 atom stereocenters. The van der Waals surface area contributed by atoms with Gasteiger partial charge in [0.25, 0.3) is 5.91 Å². The predicted octanol–water partition coefficient (Wildman–Crippen LogP) is 2.36. The standard InChI is InChI=1S/C14H9FN2O3/c15-9-4-5-10(8(6-9)7-16)17-14(20)13-11(18)2-1-3-12(13)19/h1-6,18-19H,(H,17,20). The van der Waals surface area contributed by atoms with Gasteiger partial charge in [0.1, 0.15) is 28.9 Å². The molecule has 0 radical (unpaired) electrons. The smallest absolute Gasteiger partial charge is 0.263 e. The summed E-state index contributed by atoms with van der Waals surface area (Å²) >= 11 is 0. The topological polar surface area (TPSA) is 93.4 Å². The third-order valence-corrected chi connectivity index (χ3v) is 2.60. The molecular weight excluding hydrogens is 263 g/mol. The maximum absolute atomic E-state index is 13.0. The molecule has 0 aromatic heterocycles. The largest absolute Gasteiger partial charge is 0.507 e. The lowest BCUT2D eigenvalue weighted by atomic mass is 10.1. The van der Waals surface area contributed by atoms with Crippen molar-refractivity contribution in [2.75, 3.05) is 5.32 Å². The van der Waals surface area contributed by atoms with Gasteiger partial charge in [-0.15, -0.1) is 0 Å². The number of phenolic OH excluding ortho intramolecular Hbond substituents is 2. The molecule has 0 aliphatic rings. The Morgan fingerprint density at radius 1 is 1.20 bits per heavy atom. The summed E-state index contributed by atoms with van der Waals surface area (Å²) in [4.78, 5) is 12.0. The number of benzene rings is 2. The molecule has 0 saturated heterocycles. The van der Waals surface area contributed by atoms with Crippen molar-refractivity contribution in [3.05, 3.63) is 53.3 Å². The summed E-state index contributed by atoms with van der Waals surface area (Å²) in [5.74, 6) is -2.21. The van der Waals surface area contributed by atoms with Crippen molar-refractivity contribution in [2.45, 2.75) is 0 Å². The Morgan fingerprint density at radius 3 is 2.45 bits per heavy atom. The van der Waals surface area contributed by atoms with E-state index in [1.807, 2.05) is 0 Å². The van der Waals surface area contributed by atoms with Crippen LogP contribution in [0.15, 0.2) is 36.4 Å². The fourth-order valence-electron chi connectivity index (χ4n) is 1.66. The molecule has 0 heterocycles. The number of nitrogens with one attached hydrogen (secondary N) is 1. The minimum Gasteiger partial charge on any atom is -0.507 e. The Hall–Kier alpha value is -3.07. The van der Waals surface area contributed by atoms with Crippen LogP contribution in [0.3, 0.4) is 0 Å². The van der Waals surface area contributed by atoms with Gasteiger partial charge in [0.15, 0.2) is 0 Å². The number of aromatic hydroxyl groups is 2. The van der Waals surface area contributed by atoms with Gasteiger partial charge < -0.3 is 15.5 Å². The van der Waals surface area contributed by atoms with Crippen LogP contribution in [-0.4, -0.2) is 16.1 Å². The third kappa shape index (κ3) is 2.52. The Bertz CT molecular complexity index is 703. The highest BCUT2D eigenvalue weighted by Gasteiger charge is 2.17. The van der Waals surface area contributed by atoms with Crippen LogP contribution in [0.5, 0.6) is 11.5 Å². The Labute approximate surface area is 113 Å². The third-order valence-electron chi connectivity index (χ3n) is 2.60. The van der Waals surface area contributed by atoms with Crippen LogP contribution in [0.4, 0.5) is 10.1 Å². The number of nitriles is 1. The molecule has 2 aromatic rings. The van der Waals surface area contributed by atoms with Gasteiger partial charge in [0.2, 0.25) is 0 Å². The first-order valence-corrected chi connectivity index (χ1v) is 5.55. The van der Waals surface area contributed by atoms with Crippen LogP contribution in [0.25, 0.3) is 0 Å². The van der Waals surface area contributed by atoms with E-state index in [1.54, 1.807) is 6.07 Å². The van der Waals surface area contributed by atoms with E-state index in [0.717, 1.165) is 12.1 Å². The van der Waals surface area contributed by atoms with Gasteiger partial charge in [0, 0.05) is 0 Å². The van der Waals surface area contributed by atoms with Crippen molar-refractivity contribution < 1.29 is 19.4 Å². The van der Waals surface area contributed by atoms with Gasteiger partial charge in [0.05, 0.1) is 11.3 Å². The second-order valence-electron chi connectivity index (χ2n) is 3.93. The number of anilines is 1. The predicted molar refractivity (Wildman–Crippen MR) is 68.8 cm³/mol. The summed E-state index contributed by atoms with van der Waals surface area (Å²) in [5, 5.41) is 30.3. The molecule has 0 saturated carbocycles. The first kappa shape index (κ1) is 13.4. The molecule has 3 N–H and O–H groups in total. The average Bonchev–Trinajstić information content (AvgIpc) is 2.40.